The second-order valence-electron chi connectivity index (χ2n) is 3.71. The summed E-state index contributed by atoms with van der Waals surface area (Å²) >= 11 is 0. The Morgan fingerprint density at radius 2 is 1.81 bits per heavy atom. The highest BCUT2D eigenvalue weighted by Crippen LogP contribution is 2.30. The highest BCUT2D eigenvalue weighted by Gasteiger charge is 2.32. The molecule has 88 valence electrons. The van der Waals surface area contributed by atoms with Crippen LogP contribution >= 0.6 is 0 Å². The third-order valence-corrected chi connectivity index (χ3v) is 2.08. The van der Waals surface area contributed by atoms with Crippen LogP contribution in [0.3, 0.4) is 0 Å². The number of halogens is 4. The number of Topliss-reactive ketones (excluding diaryl/α,β-unsaturated/α-hetero) is 1. The molecular formula is C11H10F4O. The normalized spacial score (nSPS) is 11.9. The predicted molar refractivity (Wildman–Crippen MR) is 50.6 cm³/mol. The lowest BCUT2D eigenvalue weighted by Gasteiger charge is -2.10. The second-order valence-corrected chi connectivity index (χ2v) is 3.71. The van der Waals surface area contributed by atoms with Crippen molar-refractivity contribution in [3.05, 3.63) is 35.1 Å². The molecule has 1 aromatic carbocycles. The third kappa shape index (κ3) is 2.59. The van der Waals surface area contributed by atoms with Crippen molar-refractivity contribution in [3.8, 4) is 0 Å². The molecule has 0 saturated heterocycles. The molecule has 1 rings (SSSR count). The van der Waals surface area contributed by atoms with E-state index in [1.54, 1.807) is 0 Å². The van der Waals surface area contributed by atoms with Gasteiger partial charge < -0.3 is 0 Å². The van der Waals surface area contributed by atoms with Crippen LogP contribution < -0.4 is 0 Å². The van der Waals surface area contributed by atoms with Gasteiger partial charge in [0.05, 0.1) is 11.1 Å². The molecule has 0 spiro atoms. The maximum atomic E-state index is 13.2. The second kappa shape index (κ2) is 4.23. The maximum absolute atomic E-state index is 13.2. The summed E-state index contributed by atoms with van der Waals surface area (Å²) < 4.78 is 50.2. The Kier molecular flexibility index (Phi) is 3.35. The molecule has 0 unspecified atom stereocenters. The topological polar surface area (TPSA) is 17.1 Å². The molecule has 0 bridgehead atoms. The van der Waals surface area contributed by atoms with Gasteiger partial charge in [-0.05, 0) is 18.2 Å². The molecule has 16 heavy (non-hydrogen) atoms. The Bertz CT molecular complexity index is 407. The summed E-state index contributed by atoms with van der Waals surface area (Å²) in [5.41, 5.74) is -1.53. The Labute approximate surface area is 90.1 Å². The molecule has 5 heteroatoms. The fourth-order valence-corrected chi connectivity index (χ4v) is 1.20. The molecule has 0 amide bonds. The molecule has 1 aromatic rings. The van der Waals surface area contributed by atoms with Crippen molar-refractivity contribution in [3.63, 3.8) is 0 Å². The molecule has 0 aliphatic carbocycles. The fraction of sp³-hybridized carbons (Fsp3) is 0.364. The van der Waals surface area contributed by atoms with Gasteiger partial charge in [0.15, 0.2) is 5.78 Å². The zero-order valence-electron chi connectivity index (χ0n) is 8.73. The summed E-state index contributed by atoms with van der Waals surface area (Å²) in [6, 6.07) is 1.84. The van der Waals surface area contributed by atoms with E-state index in [2.05, 4.69) is 0 Å². The average Bonchev–Trinajstić information content (AvgIpc) is 2.15. The third-order valence-electron chi connectivity index (χ3n) is 2.08. The van der Waals surface area contributed by atoms with E-state index in [-0.39, 0.29) is 0 Å². The van der Waals surface area contributed by atoms with Crippen molar-refractivity contribution < 1.29 is 22.4 Å². The minimum absolute atomic E-state index is 0.509. The molecule has 0 fully saturated rings. The molecule has 0 radical (unpaired) electrons. The van der Waals surface area contributed by atoms with Crippen LogP contribution in [0.2, 0.25) is 0 Å². The van der Waals surface area contributed by atoms with Gasteiger partial charge in [0, 0.05) is 5.92 Å². The predicted octanol–water partition coefficient (Wildman–Crippen LogP) is 3.68. The van der Waals surface area contributed by atoms with Gasteiger partial charge in [0.1, 0.15) is 5.82 Å². The average molecular weight is 234 g/mol. The first-order valence-corrected chi connectivity index (χ1v) is 4.64. The molecule has 1 nitrogen and oxygen atoms in total. The number of carbonyl (C=O) groups is 1. The van der Waals surface area contributed by atoms with Gasteiger partial charge in [-0.15, -0.1) is 0 Å². The highest BCUT2D eigenvalue weighted by molar-refractivity contribution is 5.97. The first-order valence-electron chi connectivity index (χ1n) is 4.64. The van der Waals surface area contributed by atoms with Crippen molar-refractivity contribution in [2.24, 2.45) is 5.92 Å². The minimum Gasteiger partial charge on any atom is -0.294 e. The monoisotopic (exact) mass is 234 g/mol. The standard InChI is InChI=1S/C11H10F4O/c1-6(2)10(16)8-5-7(11(13,14)15)3-4-9(8)12/h3-6H,1-2H3. The van der Waals surface area contributed by atoms with E-state index >= 15 is 0 Å². The smallest absolute Gasteiger partial charge is 0.294 e. The molecule has 0 saturated carbocycles. The fourth-order valence-electron chi connectivity index (χ4n) is 1.20. The zero-order valence-corrected chi connectivity index (χ0v) is 8.73. The van der Waals surface area contributed by atoms with E-state index in [1.165, 1.54) is 13.8 Å². The number of benzene rings is 1. The van der Waals surface area contributed by atoms with E-state index in [1.807, 2.05) is 0 Å². The number of rotatable bonds is 2. The Balaban J connectivity index is 3.25. The lowest BCUT2D eigenvalue weighted by Crippen LogP contribution is -2.13. The van der Waals surface area contributed by atoms with Crippen LogP contribution in [-0.2, 0) is 6.18 Å². The summed E-state index contributed by atoms with van der Waals surface area (Å²) in [6.45, 7) is 3.00. The molecule has 0 aromatic heterocycles. The van der Waals surface area contributed by atoms with Gasteiger partial charge >= 0.3 is 6.18 Å². The van der Waals surface area contributed by atoms with Gasteiger partial charge in [-0.3, -0.25) is 4.79 Å². The van der Waals surface area contributed by atoms with Crippen LogP contribution in [0, 0.1) is 11.7 Å². The quantitative estimate of drug-likeness (QED) is 0.563. The number of carbonyl (C=O) groups excluding carboxylic acids is 1. The lowest BCUT2D eigenvalue weighted by molar-refractivity contribution is -0.137. The molecule has 0 aliphatic heterocycles. The minimum atomic E-state index is -4.57. The highest BCUT2D eigenvalue weighted by atomic mass is 19.4. The van der Waals surface area contributed by atoms with E-state index in [4.69, 9.17) is 0 Å². The van der Waals surface area contributed by atoms with Gasteiger partial charge in [-0.2, -0.15) is 13.2 Å². The van der Waals surface area contributed by atoms with Crippen molar-refractivity contribution in [1.82, 2.24) is 0 Å². The van der Waals surface area contributed by atoms with Crippen LogP contribution in [0.4, 0.5) is 17.6 Å². The molecular weight excluding hydrogens is 224 g/mol. The first kappa shape index (κ1) is 12.7. The Hall–Kier alpha value is -1.39. The zero-order chi connectivity index (χ0) is 12.5. The van der Waals surface area contributed by atoms with Crippen molar-refractivity contribution in [2.75, 3.05) is 0 Å². The largest absolute Gasteiger partial charge is 0.416 e. The van der Waals surface area contributed by atoms with Gasteiger partial charge in [0.25, 0.3) is 0 Å². The summed E-state index contributed by atoms with van der Waals surface area (Å²) in [5, 5.41) is 0. The van der Waals surface area contributed by atoms with Crippen LogP contribution in [-0.4, -0.2) is 5.78 Å². The Morgan fingerprint density at radius 1 is 1.25 bits per heavy atom. The van der Waals surface area contributed by atoms with E-state index in [9.17, 15) is 22.4 Å². The number of alkyl halides is 3. The van der Waals surface area contributed by atoms with Crippen LogP contribution in [0.25, 0.3) is 0 Å². The SMILES string of the molecule is CC(C)C(=O)c1cc(C(F)(F)F)ccc1F. The molecule has 0 atom stereocenters. The number of hydrogen-bond donors (Lipinski definition) is 0. The summed E-state index contributed by atoms with van der Waals surface area (Å²) in [5.74, 6) is -2.10. The number of hydrogen-bond acceptors (Lipinski definition) is 1. The van der Waals surface area contributed by atoms with Crippen molar-refractivity contribution >= 4 is 5.78 Å². The van der Waals surface area contributed by atoms with Gasteiger partial charge in [-0.25, -0.2) is 4.39 Å². The molecule has 0 N–H and O–H groups in total. The summed E-state index contributed by atoms with van der Waals surface area (Å²) in [7, 11) is 0. The van der Waals surface area contributed by atoms with Crippen LogP contribution in [0.5, 0.6) is 0 Å². The van der Waals surface area contributed by atoms with Gasteiger partial charge in [-0.1, -0.05) is 13.8 Å². The van der Waals surface area contributed by atoms with Crippen molar-refractivity contribution in [1.29, 1.82) is 0 Å². The Morgan fingerprint density at radius 3 is 2.25 bits per heavy atom. The maximum Gasteiger partial charge on any atom is 0.416 e. The first-order chi connectivity index (χ1) is 7.23. The van der Waals surface area contributed by atoms with Crippen LogP contribution in [0.15, 0.2) is 18.2 Å². The van der Waals surface area contributed by atoms with E-state index in [0.717, 1.165) is 0 Å². The van der Waals surface area contributed by atoms with E-state index in [0.29, 0.717) is 18.2 Å². The summed E-state index contributed by atoms with van der Waals surface area (Å²) in [4.78, 5) is 11.4. The number of ketones is 1. The summed E-state index contributed by atoms with van der Waals surface area (Å²) in [6.07, 6.45) is -4.57. The van der Waals surface area contributed by atoms with Crippen molar-refractivity contribution in [2.45, 2.75) is 20.0 Å². The molecule has 0 heterocycles. The lowest BCUT2D eigenvalue weighted by atomic mass is 9.98. The van der Waals surface area contributed by atoms with Gasteiger partial charge in [0.2, 0.25) is 0 Å². The van der Waals surface area contributed by atoms with E-state index < -0.39 is 34.8 Å². The molecule has 0 aliphatic rings. The van der Waals surface area contributed by atoms with Crippen LogP contribution in [0.1, 0.15) is 29.8 Å².